The minimum absolute atomic E-state index is 0.0158. The SMILES string of the molecule is O=C1O[C@@H](C=Cc2ccccc2)Cc2cccc(O)c21. The van der Waals surface area contributed by atoms with Crippen molar-refractivity contribution in [2.45, 2.75) is 12.5 Å². The predicted molar refractivity (Wildman–Crippen MR) is 76.5 cm³/mol. The van der Waals surface area contributed by atoms with E-state index in [4.69, 9.17) is 4.74 Å². The first kappa shape index (κ1) is 12.5. The number of carbonyl (C=O) groups is 1. The lowest BCUT2D eigenvalue weighted by Crippen LogP contribution is -2.26. The molecule has 2 aromatic rings. The van der Waals surface area contributed by atoms with Crippen molar-refractivity contribution in [3.63, 3.8) is 0 Å². The monoisotopic (exact) mass is 266 g/mol. The second-order valence-electron chi connectivity index (χ2n) is 4.73. The molecule has 1 heterocycles. The van der Waals surface area contributed by atoms with Crippen LogP contribution in [-0.2, 0) is 11.2 Å². The second kappa shape index (κ2) is 5.21. The third-order valence-electron chi connectivity index (χ3n) is 3.32. The van der Waals surface area contributed by atoms with E-state index in [2.05, 4.69) is 0 Å². The Balaban J connectivity index is 1.82. The molecule has 0 saturated carbocycles. The van der Waals surface area contributed by atoms with Crippen LogP contribution in [0.3, 0.4) is 0 Å². The van der Waals surface area contributed by atoms with E-state index < -0.39 is 5.97 Å². The van der Waals surface area contributed by atoms with Crippen LogP contribution in [0.15, 0.2) is 54.6 Å². The van der Waals surface area contributed by atoms with Gasteiger partial charge in [0.15, 0.2) is 0 Å². The van der Waals surface area contributed by atoms with E-state index >= 15 is 0 Å². The van der Waals surface area contributed by atoms with Crippen molar-refractivity contribution < 1.29 is 14.6 Å². The maximum atomic E-state index is 11.9. The predicted octanol–water partition coefficient (Wildman–Crippen LogP) is 3.19. The largest absolute Gasteiger partial charge is 0.507 e. The zero-order valence-corrected chi connectivity index (χ0v) is 10.8. The highest BCUT2D eigenvalue weighted by Crippen LogP contribution is 2.28. The summed E-state index contributed by atoms with van der Waals surface area (Å²) in [6.07, 6.45) is 4.10. The molecule has 0 bridgehead atoms. The van der Waals surface area contributed by atoms with Gasteiger partial charge in [-0.05, 0) is 23.3 Å². The standard InChI is InChI=1S/C17H14O3/c18-15-8-4-7-13-11-14(20-17(19)16(13)15)10-9-12-5-2-1-3-6-12/h1-10,14,18H,11H2/t14-/m0/s1. The molecule has 3 rings (SSSR count). The fourth-order valence-corrected chi connectivity index (χ4v) is 2.34. The van der Waals surface area contributed by atoms with Gasteiger partial charge in [-0.3, -0.25) is 0 Å². The minimum Gasteiger partial charge on any atom is -0.507 e. The molecule has 1 aliphatic rings. The van der Waals surface area contributed by atoms with E-state index in [0.29, 0.717) is 6.42 Å². The molecule has 0 radical (unpaired) electrons. The van der Waals surface area contributed by atoms with Gasteiger partial charge < -0.3 is 9.84 Å². The summed E-state index contributed by atoms with van der Waals surface area (Å²) in [5.41, 5.74) is 2.17. The molecular formula is C17H14O3. The van der Waals surface area contributed by atoms with Crippen molar-refractivity contribution in [2.24, 2.45) is 0 Å². The molecule has 0 spiro atoms. The molecule has 0 amide bonds. The molecule has 0 unspecified atom stereocenters. The highest BCUT2D eigenvalue weighted by atomic mass is 16.5. The number of phenols is 1. The highest BCUT2D eigenvalue weighted by molar-refractivity contribution is 5.95. The number of phenolic OH excluding ortho intramolecular Hbond substituents is 1. The maximum Gasteiger partial charge on any atom is 0.342 e. The zero-order chi connectivity index (χ0) is 13.9. The Bertz CT molecular complexity index is 659. The quantitative estimate of drug-likeness (QED) is 0.849. The number of hydrogen-bond acceptors (Lipinski definition) is 3. The molecule has 0 aliphatic carbocycles. The number of ether oxygens (including phenoxy) is 1. The Kier molecular flexibility index (Phi) is 3.25. The summed E-state index contributed by atoms with van der Waals surface area (Å²) in [7, 11) is 0. The average molecular weight is 266 g/mol. The second-order valence-corrected chi connectivity index (χ2v) is 4.73. The number of rotatable bonds is 2. The molecule has 20 heavy (non-hydrogen) atoms. The Morgan fingerprint density at radius 1 is 1.10 bits per heavy atom. The first-order chi connectivity index (χ1) is 9.74. The smallest absolute Gasteiger partial charge is 0.342 e. The van der Waals surface area contributed by atoms with Gasteiger partial charge in [-0.25, -0.2) is 4.79 Å². The van der Waals surface area contributed by atoms with Crippen molar-refractivity contribution in [2.75, 3.05) is 0 Å². The number of aromatic hydroxyl groups is 1. The lowest BCUT2D eigenvalue weighted by atomic mass is 9.97. The van der Waals surface area contributed by atoms with Crippen LogP contribution in [0.1, 0.15) is 21.5 Å². The van der Waals surface area contributed by atoms with Crippen LogP contribution in [0, 0.1) is 0 Å². The summed E-state index contributed by atoms with van der Waals surface area (Å²) in [4.78, 5) is 11.9. The molecule has 0 fully saturated rings. The van der Waals surface area contributed by atoms with E-state index in [1.807, 2.05) is 48.6 Å². The Hall–Kier alpha value is -2.55. The number of esters is 1. The fraction of sp³-hybridized carbons (Fsp3) is 0.118. The van der Waals surface area contributed by atoms with Gasteiger partial charge in [-0.15, -0.1) is 0 Å². The molecule has 1 aliphatic heterocycles. The molecule has 3 nitrogen and oxygen atoms in total. The Morgan fingerprint density at radius 2 is 1.90 bits per heavy atom. The first-order valence-electron chi connectivity index (χ1n) is 6.49. The van der Waals surface area contributed by atoms with Crippen LogP contribution in [0.5, 0.6) is 5.75 Å². The minimum atomic E-state index is -0.466. The van der Waals surface area contributed by atoms with Gasteiger partial charge in [0.2, 0.25) is 0 Å². The van der Waals surface area contributed by atoms with Crippen molar-refractivity contribution in [3.8, 4) is 5.75 Å². The third kappa shape index (κ3) is 2.43. The molecule has 0 aromatic heterocycles. The van der Waals surface area contributed by atoms with E-state index in [-0.39, 0.29) is 17.4 Å². The van der Waals surface area contributed by atoms with Crippen LogP contribution < -0.4 is 0 Å². The topological polar surface area (TPSA) is 46.5 Å². The molecule has 100 valence electrons. The number of cyclic esters (lactones) is 1. The lowest BCUT2D eigenvalue weighted by Gasteiger charge is -2.22. The molecule has 0 saturated heterocycles. The van der Waals surface area contributed by atoms with Gasteiger partial charge >= 0.3 is 5.97 Å². The van der Waals surface area contributed by atoms with E-state index in [9.17, 15) is 9.90 Å². The highest BCUT2D eigenvalue weighted by Gasteiger charge is 2.27. The fourth-order valence-electron chi connectivity index (χ4n) is 2.34. The summed E-state index contributed by atoms with van der Waals surface area (Å²) in [5.74, 6) is -0.481. The van der Waals surface area contributed by atoms with Crippen molar-refractivity contribution in [1.82, 2.24) is 0 Å². The van der Waals surface area contributed by atoms with E-state index in [1.54, 1.807) is 6.07 Å². The number of benzene rings is 2. The number of hydrogen-bond donors (Lipinski definition) is 1. The zero-order valence-electron chi connectivity index (χ0n) is 10.8. The van der Waals surface area contributed by atoms with Gasteiger partial charge in [0.25, 0.3) is 0 Å². The van der Waals surface area contributed by atoms with Gasteiger partial charge in [-0.2, -0.15) is 0 Å². The van der Waals surface area contributed by atoms with Gasteiger partial charge in [0, 0.05) is 6.42 Å². The van der Waals surface area contributed by atoms with Crippen LogP contribution in [0.2, 0.25) is 0 Å². The third-order valence-corrected chi connectivity index (χ3v) is 3.32. The van der Waals surface area contributed by atoms with E-state index in [0.717, 1.165) is 11.1 Å². The van der Waals surface area contributed by atoms with Crippen molar-refractivity contribution in [3.05, 3.63) is 71.3 Å². The van der Waals surface area contributed by atoms with Crippen LogP contribution in [-0.4, -0.2) is 17.2 Å². The summed E-state index contributed by atoms with van der Waals surface area (Å²) < 4.78 is 5.33. The summed E-state index contributed by atoms with van der Waals surface area (Å²) in [6.45, 7) is 0. The van der Waals surface area contributed by atoms with Crippen LogP contribution >= 0.6 is 0 Å². The molecule has 3 heteroatoms. The summed E-state index contributed by atoms with van der Waals surface area (Å²) >= 11 is 0. The molecule has 1 N–H and O–H groups in total. The molecule has 1 atom stereocenters. The number of carbonyl (C=O) groups excluding carboxylic acids is 1. The normalized spacial score (nSPS) is 17.8. The Labute approximate surface area is 117 Å². The van der Waals surface area contributed by atoms with Gasteiger partial charge in [0.05, 0.1) is 0 Å². The Morgan fingerprint density at radius 3 is 2.70 bits per heavy atom. The lowest BCUT2D eigenvalue weighted by molar-refractivity contribution is 0.0355. The van der Waals surface area contributed by atoms with Crippen molar-refractivity contribution in [1.29, 1.82) is 0 Å². The molecular weight excluding hydrogens is 252 g/mol. The van der Waals surface area contributed by atoms with Crippen LogP contribution in [0.25, 0.3) is 6.08 Å². The maximum absolute atomic E-state index is 11.9. The van der Waals surface area contributed by atoms with Crippen LogP contribution in [0.4, 0.5) is 0 Å². The van der Waals surface area contributed by atoms with Gasteiger partial charge in [-0.1, -0.05) is 48.5 Å². The average Bonchev–Trinajstić information content (AvgIpc) is 2.46. The first-order valence-corrected chi connectivity index (χ1v) is 6.49. The number of fused-ring (bicyclic) bond motifs is 1. The summed E-state index contributed by atoms with van der Waals surface area (Å²) in [6, 6.07) is 14.9. The van der Waals surface area contributed by atoms with E-state index in [1.165, 1.54) is 6.07 Å². The molecule has 2 aromatic carbocycles. The van der Waals surface area contributed by atoms with Gasteiger partial charge in [0.1, 0.15) is 17.4 Å². The van der Waals surface area contributed by atoms with Crippen molar-refractivity contribution >= 4 is 12.0 Å². The summed E-state index contributed by atoms with van der Waals surface area (Å²) in [5, 5.41) is 9.70.